The summed E-state index contributed by atoms with van der Waals surface area (Å²) in [6.07, 6.45) is 0.920. The molecule has 2 rings (SSSR count). The second-order valence-electron chi connectivity index (χ2n) is 5.46. The number of aryl methyl sites for hydroxylation is 1. The Kier molecular flexibility index (Phi) is 3.87. The molecular formula is C15H19N3O. The summed E-state index contributed by atoms with van der Waals surface area (Å²) >= 11 is 0. The Morgan fingerprint density at radius 1 is 1.42 bits per heavy atom. The maximum Gasteiger partial charge on any atom is 0.192 e. The van der Waals surface area contributed by atoms with Gasteiger partial charge in [0.2, 0.25) is 0 Å². The average Bonchev–Trinajstić information content (AvgIpc) is 2.74. The third-order valence-electron chi connectivity index (χ3n) is 3.02. The summed E-state index contributed by atoms with van der Waals surface area (Å²) in [6, 6.07) is 8.36. The first-order chi connectivity index (χ1) is 9.00. The Bertz CT molecular complexity index is 607. The highest BCUT2D eigenvalue weighted by Gasteiger charge is 2.15. The van der Waals surface area contributed by atoms with Crippen LogP contribution in [0.15, 0.2) is 22.6 Å². The van der Waals surface area contributed by atoms with Gasteiger partial charge in [-0.15, -0.1) is 0 Å². The molecule has 0 saturated heterocycles. The van der Waals surface area contributed by atoms with Gasteiger partial charge in [0.15, 0.2) is 11.5 Å². The topological polar surface area (TPSA) is 61.9 Å². The van der Waals surface area contributed by atoms with Gasteiger partial charge in [-0.1, -0.05) is 6.07 Å². The van der Waals surface area contributed by atoms with Crippen molar-refractivity contribution >= 4 is 11.1 Å². The number of rotatable bonds is 5. The highest BCUT2D eigenvalue weighted by atomic mass is 16.3. The highest BCUT2D eigenvalue weighted by Crippen LogP contribution is 2.17. The molecule has 1 heterocycles. The first-order valence-corrected chi connectivity index (χ1v) is 6.48. The van der Waals surface area contributed by atoms with Crippen molar-refractivity contribution in [1.29, 1.82) is 5.26 Å². The molecule has 4 nitrogen and oxygen atoms in total. The minimum atomic E-state index is -0.312. The van der Waals surface area contributed by atoms with E-state index in [-0.39, 0.29) is 5.41 Å². The summed E-state index contributed by atoms with van der Waals surface area (Å²) in [5.74, 6) is 0.695. The van der Waals surface area contributed by atoms with E-state index in [1.54, 1.807) is 0 Å². The van der Waals surface area contributed by atoms with Gasteiger partial charge in [-0.2, -0.15) is 5.26 Å². The third-order valence-corrected chi connectivity index (χ3v) is 3.02. The van der Waals surface area contributed by atoms with Crippen molar-refractivity contribution in [3.8, 4) is 6.07 Å². The number of hydrogen-bond acceptors (Lipinski definition) is 4. The fourth-order valence-corrected chi connectivity index (χ4v) is 1.92. The fraction of sp³-hybridized carbons (Fsp3) is 0.467. The number of oxazole rings is 1. The average molecular weight is 257 g/mol. The van der Waals surface area contributed by atoms with Crippen LogP contribution >= 0.6 is 0 Å². The van der Waals surface area contributed by atoms with E-state index < -0.39 is 0 Å². The Morgan fingerprint density at radius 2 is 2.21 bits per heavy atom. The Morgan fingerprint density at radius 3 is 2.95 bits per heavy atom. The molecule has 0 fully saturated rings. The second-order valence-corrected chi connectivity index (χ2v) is 5.46. The van der Waals surface area contributed by atoms with Gasteiger partial charge in [0.05, 0.1) is 11.5 Å². The van der Waals surface area contributed by atoms with Crippen LogP contribution in [0, 0.1) is 23.7 Å². The van der Waals surface area contributed by atoms with E-state index in [0.717, 1.165) is 24.1 Å². The van der Waals surface area contributed by atoms with E-state index >= 15 is 0 Å². The normalized spacial score (nSPS) is 11.7. The number of benzene rings is 1. The molecule has 0 radical (unpaired) electrons. The van der Waals surface area contributed by atoms with Crippen LogP contribution in [0.2, 0.25) is 0 Å². The molecule has 0 saturated carbocycles. The van der Waals surface area contributed by atoms with Gasteiger partial charge in [0.25, 0.3) is 0 Å². The van der Waals surface area contributed by atoms with Gasteiger partial charge in [0, 0.05) is 13.5 Å². The van der Waals surface area contributed by atoms with Crippen LogP contribution < -0.4 is 5.32 Å². The van der Waals surface area contributed by atoms with Gasteiger partial charge in [0.1, 0.15) is 5.52 Å². The van der Waals surface area contributed by atoms with Gasteiger partial charge < -0.3 is 9.73 Å². The van der Waals surface area contributed by atoms with Crippen LogP contribution in [-0.4, -0.2) is 18.1 Å². The molecule has 4 heteroatoms. The predicted octanol–water partition coefficient (Wildman–Crippen LogP) is 2.82. The lowest BCUT2D eigenvalue weighted by atomic mass is 9.96. The Hall–Kier alpha value is -1.86. The zero-order valence-electron chi connectivity index (χ0n) is 11.7. The van der Waals surface area contributed by atoms with Crippen LogP contribution in [0.5, 0.6) is 0 Å². The maximum atomic E-state index is 8.92. The SMILES string of the molecule is Cc1nc2cc(CCNCC(C)(C)C#N)ccc2o1. The van der Waals surface area contributed by atoms with Crippen molar-refractivity contribution in [3.63, 3.8) is 0 Å². The van der Waals surface area contributed by atoms with Crippen molar-refractivity contribution in [2.24, 2.45) is 5.41 Å². The lowest BCUT2D eigenvalue weighted by Gasteiger charge is -2.15. The molecule has 1 aromatic heterocycles. The number of fused-ring (bicyclic) bond motifs is 1. The lowest BCUT2D eigenvalue weighted by Crippen LogP contribution is -2.29. The summed E-state index contributed by atoms with van der Waals surface area (Å²) in [6.45, 7) is 7.28. The van der Waals surface area contributed by atoms with Crippen LogP contribution in [0.1, 0.15) is 25.3 Å². The molecule has 100 valence electrons. The minimum absolute atomic E-state index is 0.312. The van der Waals surface area contributed by atoms with Crippen molar-refractivity contribution < 1.29 is 4.42 Å². The highest BCUT2D eigenvalue weighted by molar-refractivity contribution is 5.73. The van der Waals surface area contributed by atoms with E-state index in [9.17, 15) is 0 Å². The molecule has 0 aliphatic rings. The van der Waals surface area contributed by atoms with Gasteiger partial charge in [-0.3, -0.25) is 0 Å². The predicted molar refractivity (Wildman–Crippen MR) is 74.7 cm³/mol. The van der Waals surface area contributed by atoms with E-state index in [1.807, 2.05) is 26.8 Å². The summed E-state index contributed by atoms with van der Waals surface area (Å²) in [4.78, 5) is 4.32. The summed E-state index contributed by atoms with van der Waals surface area (Å²) in [5.41, 5.74) is 2.66. The van der Waals surface area contributed by atoms with Crippen molar-refractivity contribution in [2.75, 3.05) is 13.1 Å². The molecule has 0 spiro atoms. The standard InChI is InChI=1S/C15H19N3O/c1-11-18-13-8-12(4-5-14(13)19-11)6-7-17-10-15(2,3)9-16/h4-5,8,17H,6-7,10H2,1-3H3. The number of hydrogen-bond donors (Lipinski definition) is 1. The Labute approximate surface area is 113 Å². The molecule has 0 atom stereocenters. The number of nitrogens with one attached hydrogen (secondary N) is 1. The van der Waals surface area contributed by atoms with E-state index in [1.165, 1.54) is 5.56 Å². The number of aromatic nitrogens is 1. The van der Waals surface area contributed by atoms with Crippen LogP contribution in [0.4, 0.5) is 0 Å². The molecular weight excluding hydrogens is 238 g/mol. The monoisotopic (exact) mass is 257 g/mol. The molecule has 0 aliphatic heterocycles. The smallest absolute Gasteiger partial charge is 0.192 e. The summed E-state index contributed by atoms with van der Waals surface area (Å²) < 4.78 is 5.44. The number of nitriles is 1. The van der Waals surface area contributed by atoms with E-state index in [4.69, 9.17) is 9.68 Å². The summed E-state index contributed by atoms with van der Waals surface area (Å²) in [5, 5.41) is 12.2. The second kappa shape index (κ2) is 5.41. The lowest BCUT2D eigenvalue weighted by molar-refractivity contribution is 0.447. The fourth-order valence-electron chi connectivity index (χ4n) is 1.92. The van der Waals surface area contributed by atoms with Crippen molar-refractivity contribution in [1.82, 2.24) is 10.3 Å². The molecule has 0 bridgehead atoms. The zero-order valence-corrected chi connectivity index (χ0v) is 11.7. The molecule has 2 aromatic rings. The number of nitrogens with zero attached hydrogens (tertiary/aromatic N) is 2. The van der Waals surface area contributed by atoms with Gasteiger partial charge in [-0.05, 0) is 44.5 Å². The molecule has 19 heavy (non-hydrogen) atoms. The quantitative estimate of drug-likeness (QED) is 0.837. The maximum absolute atomic E-state index is 8.92. The first-order valence-electron chi connectivity index (χ1n) is 6.48. The van der Waals surface area contributed by atoms with Crippen molar-refractivity contribution in [3.05, 3.63) is 29.7 Å². The van der Waals surface area contributed by atoms with E-state index in [0.29, 0.717) is 12.4 Å². The van der Waals surface area contributed by atoms with Gasteiger partial charge in [-0.25, -0.2) is 4.98 Å². The van der Waals surface area contributed by atoms with Crippen LogP contribution in [0.25, 0.3) is 11.1 Å². The molecule has 1 aromatic carbocycles. The molecule has 0 aliphatic carbocycles. The minimum Gasteiger partial charge on any atom is -0.441 e. The molecule has 0 amide bonds. The van der Waals surface area contributed by atoms with Crippen molar-refractivity contribution in [2.45, 2.75) is 27.2 Å². The molecule has 1 N–H and O–H groups in total. The van der Waals surface area contributed by atoms with Crippen LogP contribution in [0.3, 0.4) is 0 Å². The Balaban J connectivity index is 1.90. The van der Waals surface area contributed by atoms with E-state index in [2.05, 4.69) is 28.5 Å². The van der Waals surface area contributed by atoms with Crippen LogP contribution in [-0.2, 0) is 6.42 Å². The zero-order chi connectivity index (χ0) is 13.9. The largest absolute Gasteiger partial charge is 0.441 e. The first kappa shape index (κ1) is 13.6. The third kappa shape index (κ3) is 3.55. The molecule has 0 unspecified atom stereocenters. The summed E-state index contributed by atoms with van der Waals surface area (Å²) in [7, 11) is 0. The van der Waals surface area contributed by atoms with Gasteiger partial charge >= 0.3 is 0 Å².